The van der Waals surface area contributed by atoms with E-state index in [2.05, 4.69) is 5.32 Å². The van der Waals surface area contributed by atoms with Gasteiger partial charge in [-0.1, -0.05) is 30.3 Å². The largest absolute Gasteiger partial charge is 0.491 e. The molecule has 2 aromatic rings. The van der Waals surface area contributed by atoms with Crippen LogP contribution in [-0.2, 0) is 6.54 Å². The van der Waals surface area contributed by atoms with Crippen molar-refractivity contribution in [2.24, 2.45) is 0 Å². The molecule has 0 radical (unpaired) electrons. The minimum absolute atomic E-state index is 0.0938. The van der Waals surface area contributed by atoms with Crippen molar-refractivity contribution in [3.05, 3.63) is 65.2 Å². The zero-order valence-corrected chi connectivity index (χ0v) is 15.0. The SMILES string of the molecule is CNC(=O)c1ccc(CN(C)CC(O)COc2ccccc2C)cc1. The van der Waals surface area contributed by atoms with Gasteiger partial charge in [0.2, 0.25) is 0 Å². The summed E-state index contributed by atoms with van der Waals surface area (Å²) in [6, 6.07) is 15.2. The number of aliphatic hydroxyl groups excluding tert-OH is 1. The Morgan fingerprint density at radius 3 is 2.52 bits per heavy atom. The van der Waals surface area contributed by atoms with Crippen molar-refractivity contribution in [1.29, 1.82) is 0 Å². The van der Waals surface area contributed by atoms with Gasteiger partial charge in [0.15, 0.2) is 0 Å². The number of para-hydroxylation sites is 1. The number of likely N-dealkylation sites (N-methyl/N-ethyl adjacent to an activating group) is 1. The lowest BCUT2D eigenvalue weighted by Gasteiger charge is -2.21. The van der Waals surface area contributed by atoms with Crippen LogP contribution in [0.3, 0.4) is 0 Å². The van der Waals surface area contributed by atoms with E-state index in [1.54, 1.807) is 19.2 Å². The van der Waals surface area contributed by atoms with E-state index in [9.17, 15) is 9.90 Å². The van der Waals surface area contributed by atoms with Gasteiger partial charge < -0.3 is 15.2 Å². The van der Waals surface area contributed by atoms with Crippen LogP contribution in [0.5, 0.6) is 5.75 Å². The number of carbonyl (C=O) groups is 1. The molecule has 2 rings (SSSR count). The number of carbonyl (C=O) groups excluding carboxylic acids is 1. The fraction of sp³-hybridized carbons (Fsp3) is 0.350. The smallest absolute Gasteiger partial charge is 0.251 e. The van der Waals surface area contributed by atoms with Crippen molar-refractivity contribution in [1.82, 2.24) is 10.2 Å². The third-order valence-corrected chi connectivity index (χ3v) is 3.94. The Morgan fingerprint density at radius 2 is 1.88 bits per heavy atom. The first kappa shape index (κ1) is 19.0. The minimum atomic E-state index is -0.574. The summed E-state index contributed by atoms with van der Waals surface area (Å²) in [5.74, 6) is 0.706. The zero-order chi connectivity index (χ0) is 18.2. The number of rotatable bonds is 8. The molecule has 0 saturated carbocycles. The summed E-state index contributed by atoms with van der Waals surface area (Å²) in [7, 11) is 3.56. The monoisotopic (exact) mass is 342 g/mol. The van der Waals surface area contributed by atoms with E-state index < -0.39 is 6.10 Å². The lowest BCUT2D eigenvalue weighted by atomic mass is 10.1. The van der Waals surface area contributed by atoms with Crippen LogP contribution < -0.4 is 10.1 Å². The number of nitrogens with one attached hydrogen (secondary N) is 1. The van der Waals surface area contributed by atoms with Crippen LogP contribution in [-0.4, -0.2) is 49.3 Å². The van der Waals surface area contributed by atoms with Gasteiger partial charge in [-0.05, 0) is 43.3 Å². The van der Waals surface area contributed by atoms with E-state index in [0.29, 0.717) is 18.7 Å². The first-order valence-electron chi connectivity index (χ1n) is 8.35. The molecule has 2 N–H and O–H groups in total. The third-order valence-electron chi connectivity index (χ3n) is 3.94. The number of ether oxygens (including phenoxy) is 1. The lowest BCUT2D eigenvalue weighted by Crippen LogP contribution is -2.32. The van der Waals surface area contributed by atoms with Gasteiger partial charge in [0.1, 0.15) is 18.5 Å². The molecular formula is C20H26N2O3. The second kappa shape index (κ2) is 9.20. The number of aliphatic hydroxyl groups is 1. The minimum Gasteiger partial charge on any atom is -0.491 e. The molecule has 0 heterocycles. The van der Waals surface area contributed by atoms with Gasteiger partial charge in [-0.2, -0.15) is 0 Å². The van der Waals surface area contributed by atoms with Crippen LogP contribution in [0.25, 0.3) is 0 Å². The molecular weight excluding hydrogens is 316 g/mol. The van der Waals surface area contributed by atoms with Gasteiger partial charge in [0.25, 0.3) is 5.91 Å². The van der Waals surface area contributed by atoms with E-state index in [4.69, 9.17) is 4.74 Å². The first-order valence-corrected chi connectivity index (χ1v) is 8.35. The number of nitrogens with zero attached hydrogens (tertiary/aromatic N) is 1. The lowest BCUT2D eigenvalue weighted by molar-refractivity contribution is 0.0741. The van der Waals surface area contributed by atoms with Crippen LogP contribution >= 0.6 is 0 Å². The van der Waals surface area contributed by atoms with Gasteiger partial charge in [-0.3, -0.25) is 9.69 Å². The van der Waals surface area contributed by atoms with Crippen LogP contribution in [0.4, 0.5) is 0 Å². The predicted octanol–water partition coefficient (Wildman–Crippen LogP) is 2.23. The van der Waals surface area contributed by atoms with Gasteiger partial charge in [-0.15, -0.1) is 0 Å². The van der Waals surface area contributed by atoms with E-state index in [0.717, 1.165) is 16.9 Å². The predicted molar refractivity (Wildman–Crippen MR) is 98.8 cm³/mol. The highest BCUT2D eigenvalue weighted by atomic mass is 16.5. The molecule has 0 spiro atoms. The molecule has 0 aliphatic heterocycles. The summed E-state index contributed by atoms with van der Waals surface area (Å²) >= 11 is 0. The van der Waals surface area contributed by atoms with Gasteiger partial charge in [0, 0.05) is 25.7 Å². The highest BCUT2D eigenvalue weighted by Crippen LogP contribution is 2.16. The number of hydrogen-bond acceptors (Lipinski definition) is 4. The quantitative estimate of drug-likeness (QED) is 0.772. The van der Waals surface area contributed by atoms with Gasteiger partial charge in [-0.25, -0.2) is 0 Å². The van der Waals surface area contributed by atoms with E-state index in [1.165, 1.54) is 0 Å². The number of hydrogen-bond donors (Lipinski definition) is 2. The first-order chi connectivity index (χ1) is 12.0. The molecule has 0 aliphatic carbocycles. The maximum Gasteiger partial charge on any atom is 0.251 e. The Labute approximate surface area is 149 Å². The molecule has 25 heavy (non-hydrogen) atoms. The molecule has 134 valence electrons. The second-order valence-electron chi connectivity index (χ2n) is 6.20. The van der Waals surface area contributed by atoms with Crippen molar-refractivity contribution in [3.63, 3.8) is 0 Å². The van der Waals surface area contributed by atoms with Crippen LogP contribution in [0.1, 0.15) is 21.5 Å². The summed E-state index contributed by atoms with van der Waals surface area (Å²) in [5.41, 5.74) is 2.78. The molecule has 5 heteroatoms. The molecule has 2 aromatic carbocycles. The number of aryl methyl sites for hydroxylation is 1. The summed E-state index contributed by atoms with van der Waals surface area (Å²) in [4.78, 5) is 13.6. The van der Waals surface area contributed by atoms with Crippen LogP contribution in [0, 0.1) is 6.92 Å². The number of benzene rings is 2. The normalized spacial score (nSPS) is 12.0. The molecule has 0 bridgehead atoms. The summed E-state index contributed by atoms with van der Waals surface area (Å²) < 4.78 is 5.68. The Kier molecular flexibility index (Phi) is 6.98. The molecule has 1 atom stereocenters. The van der Waals surface area contributed by atoms with E-state index in [-0.39, 0.29) is 12.5 Å². The van der Waals surface area contributed by atoms with Crippen molar-refractivity contribution < 1.29 is 14.6 Å². The third kappa shape index (κ3) is 5.89. The Morgan fingerprint density at radius 1 is 1.20 bits per heavy atom. The summed E-state index contributed by atoms with van der Waals surface area (Å²) in [5, 5.41) is 12.8. The average molecular weight is 342 g/mol. The fourth-order valence-corrected chi connectivity index (χ4v) is 2.60. The molecule has 0 aliphatic rings. The van der Waals surface area contributed by atoms with Gasteiger partial charge >= 0.3 is 0 Å². The highest BCUT2D eigenvalue weighted by Gasteiger charge is 2.11. The maximum absolute atomic E-state index is 11.5. The van der Waals surface area contributed by atoms with E-state index >= 15 is 0 Å². The fourth-order valence-electron chi connectivity index (χ4n) is 2.60. The van der Waals surface area contributed by atoms with Crippen molar-refractivity contribution in [2.45, 2.75) is 19.6 Å². The molecule has 0 fully saturated rings. The summed E-state index contributed by atoms with van der Waals surface area (Å²) in [6.45, 7) is 3.43. The van der Waals surface area contributed by atoms with Crippen LogP contribution in [0.15, 0.2) is 48.5 Å². The Hall–Kier alpha value is -2.37. The molecule has 5 nitrogen and oxygen atoms in total. The average Bonchev–Trinajstić information content (AvgIpc) is 2.61. The Bertz CT molecular complexity index is 686. The van der Waals surface area contributed by atoms with Crippen LogP contribution in [0.2, 0.25) is 0 Å². The molecule has 0 aromatic heterocycles. The maximum atomic E-state index is 11.5. The van der Waals surface area contributed by atoms with E-state index in [1.807, 2.05) is 55.3 Å². The number of amides is 1. The van der Waals surface area contributed by atoms with Crippen molar-refractivity contribution in [3.8, 4) is 5.75 Å². The second-order valence-corrected chi connectivity index (χ2v) is 6.20. The molecule has 0 saturated heterocycles. The highest BCUT2D eigenvalue weighted by molar-refractivity contribution is 5.93. The summed E-state index contributed by atoms with van der Waals surface area (Å²) in [6.07, 6.45) is -0.574. The topological polar surface area (TPSA) is 61.8 Å². The molecule has 1 amide bonds. The van der Waals surface area contributed by atoms with Crippen molar-refractivity contribution >= 4 is 5.91 Å². The van der Waals surface area contributed by atoms with Crippen molar-refractivity contribution in [2.75, 3.05) is 27.2 Å². The Balaban J connectivity index is 1.80. The van der Waals surface area contributed by atoms with Gasteiger partial charge in [0.05, 0.1) is 0 Å². The standard InChI is InChI=1S/C20H26N2O3/c1-15-6-4-5-7-19(15)25-14-18(23)13-22(3)12-16-8-10-17(11-9-16)20(24)21-2/h4-11,18,23H,12-14H2,1-3H3,(H,21,24). The zero-order valence-electron chi connectivity index (χ0n) is 15.0. The molecule has 1 unspecified atom stereocenters.